The number of nitrogens with one attached hydrogen (secondary N) is 1. The van der Waals surface area contributed by atoms with E-state index in [0.717, 1.165) is 4.31 Å². The van der Waals surface area contributed by atoms with Crippen LogP contribution in [0.5, 0.6) is 0 Å². The summed E-state index contributed by atoms with van der Waals surface area (Å²) in [7, 11) is -4.03. The van der Waals surface area contributed by atoms with Gasteiger partial charge < -0.3 is 5.32 Å². The first-order valence-electron chi connectivity index (χ1n) is 8.36. The number of carbonyl (C=O) groups excluding carboxylic acids is 1. The van der Waals surface area contributed by atoms with Gasteiger partial charge in [0.15, 0.2) is 0 Å². The number of rotatable bonds is 6. The van der Waals surface area contributed by atoms with Crippen LogP contribution in [0.25, 0.3) is 0 Å². The molecule has 0 aliphatic carbocycles. The number of hydrogen-bond donors (Lipinski definition) is 1. The molecule has 5 nitrogen and oxygen atoms in total. The fourth-order valence-corrected chi connectivity index (χ4v) is 4.70. The van der Waals surface area contributed by atoms with Gasteiger partial charge >= 0.3 is 0 Å². The van der Waals surface area contributed by atoms with Crippen molar-refractivity contribution in [2.45, 2.75) is 4.90 Å². The van der Waals surface area contributed by atoms with E-state index in [9.17, 15) is 13.2 Å². The van der Waals surface area contributed by atoms with Crippen LogP contribution < -0.4 is 9.62 Å². The number of sulfonamides is 1. The van der Waals surface area contributed by atoms with E-state index in [-0.39, 0.29) is 26.3 Å². The molecule has 3 rings (SSSR count). The topological polar surface area (TPSA) is 66.5 Å². The molecule has 0 atom stereocenters. The van der Waals surface area contributed by atoms with Crippen LogP contribution in [-0.4, -0.2) is 20.9 Å². The lowest BCUT2D eigenvalue weighted by Crippen LogP contribution is -2.38. The Labute approximate surface area is 183 Å². The molecule has 0 saturated carbocycles. The summed E-state index contributed by atoms with van der Waals surface area (Å²) in [5.41, 5.74) is 0.464. The Hall–Kier alpha value is -2.25. The molecule has 150 valence electrons. The van der Waals surface area contributed by atoms with Gasteiger partial charge in [-0.1, -0.05) is 65.1 Å². The number of halogens is 3. The van der Waals surface area contributed by atoms with E-state index in [2.05, 4.69) is 5.32 Å². The van der Waals surface area contributed by atoms with E-state index in [4.69, 9.17) is 34.8 Å². The van der Waals surface area contributed by atoms with Crippen LogP contribution in [0.4, 0.5) is 11.4 Å². The normalized spacial score (nSPS) is 11.1. The van der Waals surface area contributed by atoms with Crippen LogP contribution in [0.1, 0.15) is 0 Å². The van der Waals surface area contributed by atoms with Crippen molar-refractivity contribution >= 4 is 62.1 Å². The predicted molar refractivity (Wildman–Crippen MR) is 118 cm³/mol. The number of nitrogens with zero attached hydrogens (tertiary/aromatic N) is 1. The van der Waals surface area contributed by atoms with Crippen LogP contribution in [0.15, 0.2) is 77.7 Å². The van der Waals surface area contributed by atoms with Crippen molar-refractivity contribution in [2.75, 3.05) is 16.2 Å². The number of anilines is 2. The highest BCUT2D eigenvalue weighted by Gasteiger charge is 2.27. The molecular weight excluding hydrogens is 455 g/mol. The van der Waals surface area contributed by atoms with Gasteiger partial charge in [-0.05, 0) is 42.5 Å². The van der Waals surface area contributed by atoms with E-state index in [1.807, 2.05) is 0 Å². The smallest absolute Gasteiger partial charge is 0.264 e. The van der Waals surface area contributed by atoms with Gasteiger partial charge in [0.05, 0.1) is 26.3 Å². The summed E-state index contributed by atoms with van der Waals surface area (Å²) < 4.78 is 27.4. The third kappa shape index (κ3) is 5.03. The van der Waals surface area contributed by atoms with Crippen LogP contribution in [0, 0.1) is 0 Å². The quantitative estimate of drug-likeness (QED) is 0.520. The van der Waals surface area contributed by atoms with Crippen molar-refractivity contribution in [3.8, 4) is 0 Å². The Kier molecular flexibility index (Phi) is 6.70. The Bertz CT molecular complexity index is 1120. The molecule has 0 aliphatic heterocycles. The van der Waals surface area contributed by atoms with Crippen LogP contribution in [-0.2, 0) is 14.8 Å². The van der Waals surface area contributed by atoms with Crippen LogP contribution in [0.2, 0.25) is 15.1 Å². The molecule has 0 fully saturated rings. The second-order valence-electron chi connectivity index (χ2n) is 5.95. The Morgan fingerprint density at radius 3 is 2.10 bits per heavy atom. The van der Waals surface area contributed by atoms with Crippen molar-refractivity contribution in [1.82, 2.24) is 0 Å². The minimum Gasteiger partial charge on any atom is -0.322 e. The first-order valence-corrected chi connectivity index (χ1v) is 10.9. The highest BCUT2D eigenvalue weighted by Crippen LogP contribution is 2.30. The largest absolute Gasteiger partial charge is 0.322 e. The first-order chi connectivity index (χ1) is 13.8. The molecule has 3 aromatic carbocycles. The van der Waals surface area contributed by atoms with Gasteiger partial charge in [0.1, 0.15) is 6.54 Å². The zero-order chi connectivity index (χ0) is 21.0. The molecule has 0 saturated heterocycles. The van der Waals surface area contributed by atoms with Gasteiger partial charge in [0.25, 0.3) is 10.0 Å². The summed E-state index contributed by atoms with van der Waals surface area (Å²) in [6.07, 6.45) is 0. The van der Waals surface area contributed by atoms with Crippen LogP contribution >= 0.6 is 34.8 Å². The van der Waals surface area contributed by atoms with E-state index in [1.165, 1.54) is 18.2 Å². The van der Waals surface area contributed by atoms with Crippen molar-refractivity contribution in [1.29, 1.82) is 0 Å². The summed E-state index contributed by atoms with van der Waals surface area (Å²) in [6, 6.07) is 18.8. The summed E-state index contributed by atoms with van der Waals surface area (Å²) in [4.78, 5) is 12.7. The Morgan fingerprint density at radius 1 is 0.862 bits per heavy atom. The molecule has 3 aromatic rings. The molecule has 0 spiro atoms. The number of carbonyl (C=O) groups is 1. The molecule has 9 heteroatoms. The average Bonchev–Trinajstić information content (AvgIpc) is 2.69. The highest BCUT2D eigenvalue weighted by molar-refractivity contribution is 7.92. The molecule has 0 unspecified atom stereocenters. The second-order valence-corrected chi connectivity index (χ2v) is 9.06. The summed E-state index contributed by atoms with van der Waals surface area (Å²) in [6.45, 7) is -0.501. The SMILES string of the molecule is O=C(CN(c1cccc(Cl)c1)S(=O)(=O)c1ccccc1)Nc1c(Cl)cccc1Cl. The number of amides is 1. The molecule has 0 radical (unpaired) electrons. The lowest BCUT2D eigenvalue weighted by molar-refractivity contribution is -0.114. The zero-order valence-corrected chi connectivity index (χ0v) is 17.9. The zero-order valence-electron chi connectivity index (χ0n) is 14.8. The summed E-state index contributed by atoms with van der Waals surface area (Å²) >= 11 is 18.2. The third-order valence-corrected chi connectivity index (χ3v) is 6.59. The number of hydrogen-bond acceptors (Lipinski definition) is 3. The van der Waals surface area contributed by atoms with Crippen LogP contribution in [0.3, 0.4) is 0 Å². The molecule has 0 aliphatic rings. The predicted octanol–water partition coefficient (Wildman–Crippen LogP) is 5.48. The number of para-hydroxylation sites is 1. The molecule has 0 bridgehead atoms. The van der Waals surface area contributed by atoms with E-state index in [0.29, 0.717) is 5.02 Å². The molecule has 29 heavy (non-hydrogen) atoms. The second kappa shape index (κ2) is 9.05. The van der Waals surface area contributed by atoms with E-state index in [1.54, 1.807) is 54.6 Å². The van der Waals surface area contributed by atoms with Gasteiger partial charge in [-0.25, -0.2) is 8.42 Å². The summed E-state index contributed by atoms with van der Waals surface area (Å²) in [5, 5.41) is 3.40. The van der Waals surface area contributed by atoms with Gasteiger partial charge in [0.2, 0.25) is 5.91 Å². The Morgan fingerprint density at radius 2 is 1.48 bits per heavy atom. The van der Waals surface area contributed by atoms with Crippen molar-refractivity contribution in [3.63, 3.8) is 0 Å². The van der Waals surface area contributed by atoms with Gasteiger partial charge in [-0.2, -0.15) is 0 Å². The third-order valence-electron chi connectivity index (χ3n) is 3.94. The number of benzene rings is 3. The molecule has 0 aromatic heterocycles. The maximum Gasteiger partial charge on any atom is 0.264 e. The minimum atomic E-state index is -4.03. The minimum absolute atomic E-state index is 0.0450. The lowest BCUT2D eigenvalue weighted by Gasteiger charge is -2.24. The fourth-order valence-electron chi connectivity index (χ4n) is 2.59. The van der Waals surface area contributed by atoms with E-state index < -0.39 is 22.5 Å². The van der Waals surface area contributed by atoms with Crippen molar-refractivity contribution in [2.24, 2.45) is 0 Å². The molecular formula is C20H15Cl3N2O3S. The van der Waals surface area contributed by atoms with Gasteiger partial charge in [-0.3, -0.25) is 9.10 Å². The lowest BCUT2D eigenvalue weighted by atomic mass is 10.3. The first kappa shape index (κ1) is 21.5. The molecule has 1 N–H and O–H groups in total. The standard InChI is InChI=1S/C20H15Cl3N2O3S/c21-14-6-4-7-15(12-14)25(29(27,28)16-8-2-1-3-9-16)13-19(26)24-20-17(22)10-5-11-18(20)23/h1-12H,13H2,(H,24,26). The molecule has 1 amide bonds. The monoisotopic (exact) mass is 468 g/mol. The van der Waals surface area contributed by atoms with Gasteiger partial charge in [-0.15, -0.1) is 0 Å². The maximum absolute atomic E-state index is 13.2. The molecule has 0 heterocycles. The van der Waals surface area contributed by atoms with Gasteiger partial charge in [0, 0.05) is 5.02 Å². The average molecular weight is 470 g/mol. The highest BCUT2D eigenvalue weighted by atomic mass is 35.5. The fraction of sp³-hybridized carbons (Fsp3) is 0.0500. The Balaban J connectivity index is 1.97. The van der Waals surface area contributed by atoms with Crippen molar-refractivity contribution < 1.29 is 13.2 Å². The van der Waals surface area contributed by atoms with E-state index >= 15 is 0 Å². The maximum atomic E-state index is 13.2. The van der Waals surface area contributed by atoms with Crippen molar-refractivity contribution in [3.05, 3.63) is 87.9 Å². The summed E-state index contributed by atoms with van der Waals surface area (Å²) in [5.74, 6) is -0.612.